The first kappa shape index (κ1) is 13.0. The average Bonchev–Trinajstić information content (AvgIpc) is 3.08. The number of aryl methyl sites for hydroxylation is 1. The highest BCUT2D eigenvalue weighted by molar-refractivity contribution is 7.11. The Bertz CT molecular complexity index is 333. The van der Waals surface area contributed by atoms with Crippen LogP contribution in [0.1, 0.15) is 55.5 Å². The van der Waals surface area contributed by atoms with Crippen molar-refractivity contribution in [1.29, 1.82) is 0 Å². The molecule has 1 N–H and O–H groups in total. The van der Waals surface area contributed by atoms with Crippen molar-refractivity contribution in [2.75, 3.05) is 13.1 Å². The molecule has 1 aromatic rings. The fourth-order valence-electron chi connectivity index (χ4n) is 2.02. The summed E-state index contributed by atoms with van der Waals surface area (Å²) < 4.78 is 0. The Morgan fingerprint density at radius 1 is 1.35 bits per heavy atom. The molecule has 4 heteroatoms. The van der Waals surface area contributed by atoms with Crippen LogP contribution in [0.25, 0.3) is 0 Å². The van der Waals surface area contributed by atoms with E-state index in [-0.39, 0.29) is 0 Å². The Balaban J connectivity index is 1.70. The average molecular weight is 253 g/mol. The summed E-state index contributed by atoms with van der Waals surface area (Å²) in [6.07, 6.45) is 6.23. The van der Waals surface area contributed by atoms with E-state index in [2.05, 4.69) is 29.4 Å². The second kappa shape index (κ2) is 6.45. The lowest BCUT2D eigenvalue weighted by Crippen LogP contribution is -2.16. The first-order chi connectivity index (χ1) is 8.31. The Kier molecular flexibility index (Phi) is 4.92. The summed E-state index contributed by atoms with van der Waals surface area (Å²) in [5, 5.41) is 14.5. The van der Waals surface area contributed by atoms with Gasteiger partial charge >= 0.3 is 0 Å². The molecule has 96 valence electrons. The molecular formula is C13H23N3S. The largest absolute Gasteiger partial charge is 0.317 e. The highest BCUT2D eigenvalue weighted by Gasteiger charge is 2.31. The van der Waals surface area contributed by atoms with E-state index in [4.69, 9.17) is 0 Å². The lowest BCUT2D eigenvalue weighted by Gasteiger charge is -2.02. The van der Waals surface area contributed by atoms with Gasteiger partial charge < -0.3 is 5.32 Å². The first-order valence-electron chi connectivity index (χ1n) is 6.84. The van der Waals surface area contributed by atoms with Crippen LogP contribution >= 0.6 is 11.3 Å². The van der Waals surface area contributed by atoms with E-state index in [9.17, 15) is 0 Å². The normalized spacial score (nSPS) is 17.3. The molecule has 17 heavy (non-hydrogen) atoms. The van der Waals surface area contributed by atoms with Gasteiger partial charge in [0.05, 0.1) is 0 Å². The summed E-state index contributed by atoms with van der Waals surface area (Å²) in [6.45, 7) is 6.72. The standard InChI is InChI=1S/C13H23N3S/c1-3-8-14-9-4-5-12-15-16-13(17-12)10(2)11-6-7-11/h10-11,14H,3-9H2,1-2H3. The molecule has 0 spiro atoms. The Hall–Kier alpha value is -0.480. The van der Waals surface area contributed by atoms with E-state index in [1.165, 1.54) is 35.7 Å². The van der Waals surface area contributed by atoms with Crippen LogP contribution in [0.15, 0.2) is 0 Å². The smallest absolute Gasteiger partial charge is 0.120 e. The van der Waals surface area contributed by atoms with Crippen LogP contribution in [0.4, 0.5) is 0 Å². The number of rotatable bonds is 8. The summed E-state index contributed by atoms with van der Waals surface area (Å²) in [5.74, 6) is 1.53. The van der Waals surface area contributed by atoms with Crippen molar-refractivity contribution in [2.24, 2.45) is 5.92 Å². The summed E-state index contributed by atoms with van der Waals surface area (Å²) in [4.78, 5) is 0. The lowest BCUT2D eigenvalue weighted by molar-refractivity contribution is 0.635. The van der Waals surface area contributed by atoms with E-state index in [0.29, 0.717) is 5.92 Å². The van der Waals surface area contributed by atoms with Crippen molar-refractivity contribution in [3.8, 4) is 0 Å². The van der Waals surface area contributed by atoms with E-state index >= 15 is 0 Å². The minimum atomic E-state index is 0.638. The van der Waals surface area contributed by atoms with Crippen LogP contribution in [0, 0.1) is 5.92 Å². The van der Waals surface area contributed by atoms with Gasteiger partial charge in [-0.3, -0.25) is 0 Å². The predicted molar refractivity (Wildman–Crippen MR) is 72.5 cm³/mol. The molecule has 0 aliphatic heterocycles. The fraction of sp³-hybridized carbons (Fsp3) is 0.846. The van der Waals surface area contributed by atoms with E-state index in [0.717, 1.165) is 25.4 Å². The molecule has 1 unspecified atom stereocenters. The van der Waals surface area contributed by atoms with Gasteiger partial charge in [0.2, 0.25) is 0 Å². The van der Waals surface area contributed by atoms with Gasteiger partial charge in [0.15, 0.2) is 0 Å². The molecule has 2 rings (SSSR count). The van der Waals surface area contributed by atoms with Crippen LogP contribution in [0.5, 0.6) is 0 Å². The van der Waals surface area contributed by atoms with Gasteiger partial charge in [-0.15, -0.1) is 21.5 Å². The quantitative estimate of drug-likeness (QED) is 0.724. The second-order valence-electron chi connectivity index (χ2n) is 5.01. The van der Waals surface area contributed by atoms with Crippen molar-refractivity contribution in [3.05, 3.63) is 10.0 Å². The highest BCUT2D eigenvalue weighted by atomic mass is 32.1. The molecular weight excluding hydrogens is 230 g/mol. The maximum Gasteiger partial charge on any atom is 0.120 e. The topological polar surface area (TPSA) is 37.8 Å². The Labute approximate surface area is 108 Å². The molecule has 1 saturated carbocycles. The van der Waals surface area contributed by atoms with E-state index < -0.39 is 0 Å². The summed E-state index contributed by atoms with van der Waals surface area (Å²) in [7, 11) is 0. The van der Waals surface area contributed by atoms with Crippen LogP contribution in [0.3, 0.4) is 0 Å². The van der Waals surface area contributed by atoms with Crippen LogP contribution in [0.2, 0.25) is 0 Å². The second-order valence-corrected chi connectivity index (χ2v) is 6.11. The number of hydrogen-bond donors (Lipinski definition) is 1. The van der Waals surface area contributed by atoms with Crippen molar-refractivity contribution in [1.82, 2.24) is 15.5 Å². The molecule has 0 bridgehead atoms. The SMILES string of the molecule is CCCNCCCc1nnc(C(C)C2CC2)s1. The molecule has 0 radical (unpaired) electrons. The maximum atomic E-state index is 4.34. The molecule has 1 aliphatic carbocycles. The zero-order chi connectivity index (χ0) is 12.1. The van der Waals surface area contributed by atoms with Gasteiger partial charge in [-0.05, 0) is 44.7 Å². The Morgan fingerprint density at radius 3 is 2.88 bits per heavy atom. The van der Waals surface area contributed by atoms with Gasteiger partial charge in [-0.1, -0.05) is 13.8 Å². The third kappa shape index (κ3) is 4.03. The molecule has 1 aliphatic rings. The Morgan fingerprint density at radius 2 is 2.18 bits per heavy atom. The molecule has 1 atom stereocenters. The zero-order valence-corrected chi connectivity index (χ0v) is 11.7. The van der Waals surface area contributed by atoms with Gasteiger partial charge in [-0.25, -0.2) is 0 Å². The van der Waals surface area contributed by atoms with Crippen molar-refractivity contribution in [2.45, 2.75) is 51.9 Å². The van der Waals surface area contributed by atoms with Gasteiger partial charge in [0, 0.05) is 12.3 Å². The predicted octanol–water partition coefficient (Wildman–Crippen LogP) is 2.98. The summed E-state index contributed by atoms with van der Waals surface area (Å²) in [5.41, 5.74) is 0. The van der Waals surface area contributed by atoms with Gasteiger partial charge in [0.1, 0.15) is 10.0 Å². The summed E-state index contributed by atoms with van der Waals surface area (Å²) in [6, 6.07) is 0. The molecule has 0 aromatic carbocycles. The zero-order valence-electron chi connectivity index (χ0n) is 10.9. The summed E-state index contributed by atoms with van der Waals surface area (Å²) >= 11 is 1.82. The molecule has 0 amide bonds. The minimum absolute atomic E-state index is 0.638. The van der Waals surface area contributed by atoms with E-state index in [1.54, 1.807) is 0 Å². The molecule has 3 nitrogen and oxygen atoms in total. The molecule has 1 heterocycles. The maximum absolute atomic E-state index is 4.34. The van der Waals surface area contributed by atoms with Crippen LogP contribution in [-0.4, -0.2) is 23.3 Å². The third-order valence-electron chi connectivity index (χ3n) is 3.37. The van der Waals surface area contributed by atoms with Gasteiger partial charge in [0.25, 0.3) is 0 Å². The van der Waals surface area contributed by atoms with Crippen molar-refractivity contribution < 1.29 is 0 Å². The lowest BCUT2D eigenvalue weighted by atomic mass is 10.1. The minimum Gasteiger partial charge on any atom is -0.317 e. The van der Waals surface area contributed by atoms with Gasteiger partial charge in [-0.2, -0.15) is 0 Å². The number of aromatic nitrogens is 2. The third-order valence-corrected chi connectivity index (χ3v) is 4.56. The first-order valence-corrected chi connectivity index (χ1v) is 7.66. The van der Waals surface area contributed by atoms with Crippen LogP contribution in [-0.2, 0) is 6.42 Å². The van der Waals surface area contributed by atoms with Crippen molar-refractivity contribution >= 4 is 11.3 Å². The fourth-order valence-corrected chi connectivity index (χ4v) is 3.05. The molecule has 0 saturated heterocycles. The van der Waals surface area contributed by atoms with E-state index in [1.807, 2.05) is 11.3 Å². The number of hydrogen-bond acceptors (Lipinski definition) is 4. The molecule has 1 fully saturated rings. The highest BCUT2D eigenvalue weighted by Crippen LogP contribution is 2.42. The monoisotopic (exact) mass is 253 g/mol. The van der Waals surface area contributed by atoms with Crippen molar-refractivity contribution in [3.63, 3.8) is 0 Å². The number of nitrogens with one attached hydrogen (secondary N) is 1. The number of nitrogens with zero attached hydrogens (tertiary/aromatic N) is 2. The molecule has 1 aromatic heterocycles. The van der Waals surface area contributed by atoms with Crippen LogP contribution < -0.4 is 5.32 Å².